The number of phenolic OH excluding ortho intramolecular Hbond substituents is 1. The highest BCUT2D eigenvalue weighted by Crippen LogP contribution is 2.41. The van der Waals surface area contributed by atoms with E-state index in [1.807, 2.05) is 13.8 Å². The van der Waals surface area contributed by atoms with Crippen LogP contribution < -0.4 is 9.47 Å². The Bertz CT molecular complexity index is 1120. The summed E-state index contributed by atoms with van der Waals surface area (Å²) in [5, 5.41) is 21.5. The zero-order valence-corrected chi connectivity index (χ0v) is 22.4. The minimum absolute atomic E-state index is 0.00790. The maximum atomic E-state index is 13.3. The number of ketones is 1. The summed E-state index contributed by atoms with van der Waals surface area (Å²) in [4.78, 5) is 30.2. The van der Waals surface area contributed by atoms with Crippen LogP contribution in [0.25, 0.3) is 5.76 Å². The van der Waals surface area contributed by atoms with Crippen molar-refractivity contribution >= 4 is 17.4 Å². The Morgan fingerprint density at radius 3 is 2.30 bits per heavy atom. The second-order valence-corrected chi connectivity index (χ2v) is 9.41. The van der Waals surface area contributed by atoms with Crippen LogP contribution in [-0.4, -0.2) is 71.1 Å². The first-order valence-electron chi connectivity index (χ1n) is 12.9. The van der Waals surface area contributed by atoms with E-state index in [4.69, 9.17) is 9.47 Å². The van der Waals surface area contributed by atoms with Gasteiger partial charge in [0, 0.05) is 18.7 Å². The maximum Gasteiger partial charge on any atom is 0.295 e. The number of ether oxygens (including phenoxy) is 2. The molecule has 37 heavy (non-hydrogen) atoms. The molecule has 200 valence electrons. The number of phenols is 1. The van der Waals surface area contributed by atoms with Crippen LogP contribution in [0.4, 0.5) is 0 Å². The molecule has 0 spiro atoms. The zero-order valence-electron chi connectivity index (χ0n) is 22.4. The number of carbonyl (C=O) groups excluding carboxylic acids is 2. The summed E-state index contributed by atoms with van der Waals surface area (Å²) in [6, 6.07) is 10.7. The monoisotopic (exact) mass is 510 g/mol. The molecule has 1 heterocycles. The van der Waals surface area contributed by atoms with Crippen molar-refractivity contribution in [2.45, 2.75) is 40.7 Å². The largest absolute Gasteiger partial charge is 0.507 e. The van der Waals surface area contributed by atoms with Crippen molar-refractivity contribution < 1.29 is 29.3 Å². The first-order valence-corrected chi connectivity index (χ1v) is 12.9. The summed E-state index contributed by atoms with van der Waals surface area (Å²) >= 11 is 0. The number of aromatic hydroxyl groups is 1. The van der Waals surface area contributed by atoms with Gasteiger partial charge in [0.05, 0.1) is 24.8 Å². The van der Waals surface area contributed by atoms with Gasteiger partial charge in [0.1, 0.15) is 11.5 Å². The molecule has 1 fully saturated rings. The Hall–Kier alpha value is -3.52. The predicted octanol–water partition coefficient (Wildman–Crippen LogP) is 4.59. The van der Waals surface area contributed by atoms with Crippen LogP contribution in [0.1, 0.15) is 51.8 Å². The lowest BCUT2D eigenvalue weighted by Gasteiger charge is -2.28. The molecule has 1 aliphatic heterocycles. The third-order valence-corrected chi connectivity index (χ3v) is 6.40. The van der Waals surface area contributed by atoms with E-state index in [-0.39, 0.29) is 22.8 Å². The lowest BCUT2D eigenvalue weighted by Crippen LogP contribution is -2.38. The molecule has 0 saturated carbocycles. The van der Waals surface area contributed by atoms with Gasteiger partial charge in [-0.3, -0.25) is 9.59 Å². The Kier molecular flexibility index (Phi) is 9.58. The van der Waals surface area contributed by atoms with E-state index < -0.39 is 17.7 Å². The molecular formula is C29H38N2O6. The van der Waals surface area contributed by atoms with Gasteiger partial charge in [0.2, 0.25) is 0 Å². The Labute approximate surface area is 219 Å². The predicted molar refractivity (Wildman–Crippen MR) is 143 cm³/mol. The highest BCUT2D eigenvalue weighted by Gasteiger charge is 2.46. The number of nitrogens with zero attached hydrogens (tertiary/aromatic N) is 2. The van der Waals surface area contributed by atoms with E-state index in [2.05, 4.69) is 18.7 Å². The quantitative estimate of drug-likeness (QED) is 0.245. The molecule has 1 unspecified atom stereocenters. The molecule has 2 aromatic carbocycles. The number of Topliss-reactive ketones (excluding diaryl/α,β-unsaturated/α-hetero) is 1. The van der Waals surface area contributed by atoms with Gasteiger partial charge >= 0.3 is 0 Å². The lowest BCUT2D eigenvalue weighted by molar-refractivity contribution is -0.140. The van der Waals surface area contributed by atoms with Crippen molar-refractivity contribution in [1.82, 2.24) is 9.80 Å². The number of amides is 1. The van der Waals surface area contributed by atoms with Crippen LogP contribution in [-0.2, 0) is 9.59 Å². The molecular weight excluding hydrogens is 472 g/mol. The maximum absolute atomic E-state index is 13.3. The van der Waals surface area contributed by atoms with Crippen LogP contribution >= 0.6 is 0 Å². The molecule has 3 rings (SSSR count). The van der Waals surface area contributed by atoms with E-state index in [9.17, 15) is 19.8 Å². The molecule has 1 amide bonds. The van der Waals surface area contributed by atoms with Gasteiger partial charge in [-0.15, -0.1) is 0 Å². The van der Waals surface area contributed by atoms with Crippen molar-refractivity contribution in [3.05, 3.63) is 59.2 Å². The fourth-order valence-corrected chi connectivity index (χ4v) is 4.35. The minimum Gasteiger partial charge on any atom is -0.507 e. The summed E-state index contributed by atoms with van der Waals surface area (Å²) in [7, 11) is 0. The van der Waals surface area contributed by atoms with Crippen molar-refractivity contribution in [2.24, 2.45) is 5.92 Å². The van der Waals surface area contributed by atoms with Crippen molar-refractivity contribution in [3.63, 3.8) is 0 Å². The van der Waals surface area contributed by atoms with E-state index in [0.717, 1.165) is 13.1 Å². The van der Waals surface area contributed by atoms with Crippen LogP contribution in [0, 0.1) is 5.92 Å². The van der Waals surface area contributed by atoms with Crippen LogP contribution in [0.15, 0.2) is 48.0 Å². The molecule has 1 saturated heterocycles. The molecule has 8 heteroatoms. The number of hydrogen-bond donors (Lipinski definition) is 2. The van der Waals surface area contributed by atoms with Gasteiger partial charge in [-0.2, -0.15) is 0 Å². The Morgan fingerprint density at radius 2 is 1.70 bits per heavy atom. The van der Waals surface area contributed by atoms with Crippen molar-refractivity contribution in [1.29, 1.82) is 0 Å². The molecule has 1 atom stereocenters. The fourth-order valence-electron chi connectivity index (χ4n) is 4.35. The number of aliphatic hydroxyl groups excluding tert-OH is 1. The summed E-state index contributed by atoms with van der Waals surface area (Å²) < 4.78 is 11.3. The molecule has 0 radical (unpaired) electrons. The number of carbonyl (C=O) groups is 2. The summed E-state index contributed by atoms with van der Waals surface area (Å²) in [5.41, 5.74) is 0.986. The number of aliphatic hydroxyl groups is 1. The van der Waals surface area contributed by atoms with Crippen LogP contribution in [0.5, 0.6) is 17.2 Å². The van der Waals surface area contributed by atoms with Gasteiger partial charge in [-0.05, 0) is 67.9 Å². The third-order valence-electron chi connectivity index (χ3n) is 6.40. The first kappa shape index (κ1) is 28.1. The topological polar surface area (TPSA) is 99.5 Å². The number of rotatable bonds is 12. The van der Waals surface area contributed by atoms with Crippen molar-refractivity contribution in [2.75, 3.05) is 39.4 Å². The minimum atomic E-state index is -0.827. The average Bonchev–Trinajstić information content (AvgIpc) is 3.14. The normalized spacial score (nSPS) is 17.2. The second-order valence-electron chi connectivity index (χ2n) is 9.41. The standard InChI is InChI=1S/C29H38N2O6/c1-6-30(7-2)15-16-31-26(21-11-14-23(32)24(17-21)36-8-3)25(28(34)29(31)35)27(33)20-9-12-22(13-10-20)37-18-19(4)5/h9-14,17,19,26,32-33H,6-8,15-16,18H2,1-5H3/b27-25+. The van der Waals surface area contributed by atoms with E-state index in [1.54, 1.807) is 43.3 Å². The van der Waals surface area contributed by atoms with E-state index >= 15 is 0 Å². The van der Waals surface area contributed by atoms with Gasteiger partial charge in [0.25, 0.3) is 11.7 Å². The lowest BCUT2D eigenvalue weighted by atomic mass is 9.95. The summed E-state index contributed by atoms with van der Waals surface area (Å²) in [5.74, 6) is -0.428. The number of likely N-dealkylation sites (tertiary alicyclic amines) is 1. The molecule has 8 nitrogen and oxygen atoms in total. The first-order chi connectivity index (χ1) is 17.7. The third kappa shape index (κ3) is 6.43. The second kappa shape index (κ2) is 12.6. The molecule has 2 N–H and O–H groups in total. The van der Waals surface area contributed by atoms with E-state index in [0.29, 0.717) is 49.1 Å². The van der Waals surface area contributed by atoms with E-state index in [1.165, 1.54) is 11.0 Å². The van der Waals surface area contributed by atoms with Crippen LogP contribution in [0.3, 0.4) is 0 Å². The molecule has 2 aromatic rings. The summed E-state index contributed by atoms with van der Waals surface area (Å²) in [6.07, 6.45) is 0. The molecule has 1 aliphatic rings. The smallest absolute Gasteiger partial charge is 0.295 e. The Balaban J connectivity index is 2.07. The summed E-state index contributed by atoms with van der Waals surface area (Å²) in [6.45, 7) is 13.4. The highest BCUT2D eigenvalue weighted by molar-refractivity contribution is 6.46. The van der Waals surface area contributed by atoms with Gasteiger partial charge in [-0.25, -0.2) is 0 Å². The number of likely N-dealkylation sites (N-methyl/N-ethyl adjacent to an activating group) is 1. The number of benzene rings is 2. The average molecular weight is 511 g/mol. The number of hydrogen-bond acceptors (Lipinski definition) is 7. The van der Waals surface area contributed by atoms with Gasteiger partial charge in [0.15, 0.2) is 11.5 Å². The van der Waals surface area contributed by atoms with Crippen LogP contribution in [0.2, 0.25) is 0 Å². The highest BCUT2D eigenvalue weighted by atomic mass is 16.5. The molecule has 0 aliphatic carbocycles. The molecule has 0 bridgehead atoms. The SMILES string of the molecule is CCOc1cc(C2/C(=C(\O)c3ccc(OCC(C)C)cc3)C(=O)C(=O)N2CCN(CC)CC)ccc1O. The molecule has 0 aromatic heterocycles. The van der Waals surface area contributed by atoms with Crippen molar-refractivity contribution in [3.8, 4) is 17.2 Å². The fraction of sp³-hybridized carbons (Fsp3) is 0.448. The van der Waals surface area contributed by atoms with Gasteiger partial charge in [-0.1, -0.05) is 33.8 Å². The Morgan fingerprint density at radius 1 is 1.03 bits per heavy atom. The van der Waals surface area contributed by atoms with Gasteiger partial charge < -0.3 is 29.5 Å². The zero-order chi connectivity index (χ0) is 27.1.